The first-order valence-corrected chi connectivity index (χ1v) is 11.2. The van der Waals surface area contributed by atoms with E-state index in [1.807, 2.05) is 36.4 Å². The van der Waals surface area contributed by atoms with Crippen LogP contribution in [0.4, 0.5) is 5.69 Å². The van der Waals surface area contributed by atoms with Gasteiger partial charge in [-0.05, 0) is 62.1 Å². The highest BCUT2D eigenvalue weighted by atomic mass is 127. The number of quaternary nitrogens is 1. The zero-order valence-corrected chi connectivity index (χ0v) is 21.4. The first-order chi connectivity index (χ1) is 14.9. The van der Waals surface area contributed by atoms with Crippen LogP contribution in [0.1, 0.15) is 43.2 Å². The summed E-state index contributed by atoms with van der Waals surface area (Å²) < 4.78 is 12.0. The third kappa shape index (κ3) is 5.84. The summed E-state index contributed by atoms with van der Waals surface area (Å²) >= 11 is 0. The number of methoxy groups -OCH3 is 1. The van der Waals surface area contributed by atoms with E-state index in [9.17, 15) is 4.79 Å². The summed E-state index contributed by atoms with van der Waals surface area (Å²) in [5.41, 5.74) is 3.55. The molecule has 172 valence electrons. The Hall–Kier alpha value is -2.06. The van der Waals surface area contributed by atoms with Gasteiger partial charge in [0.1, 0.15) is 24.7 Å². The van der Waals surface area contributed by atoms with Crippen molar-refractivity contribution in [3.8, 4) is 11.5 Å². The largest absolute Gasteiger partial charge is 1.00 e. The molecule has 2 aromatic carbocycles. The number of fused-ring (bicyclic) bond motifs is 1. The topological polar surface area (TPSA) is 47.6 Å². The minimum absolute atomic E-state index is 0. The Balaban J connectivity index is 0.00000289. The molecule has 5 nitrogen and oxygen atoms in total. The van der Waals surface area contributed by atoms with Gasteiger partial charge in [-0.25, -0.2) is 0 Å². The normalized spacial score (nSPS) is 16.2. The van der Waals surface area contributed by atoms with Crippen LogP contribution in [0, 0.1) is 0 Å². The summed E-state index contributed by atoms with van der Waals surface area (Å²) in [5.74, 6) is 1.37. The lowest BCUT2D eigenvalue weighted by Gasteiger charge is -2.40. The number of hydrogen-bond acceptors (Lipinski definition) is 3. The molecule has 1 heterocycles. The molecule has 0 atom stereocenters. The molecule has 4 rings (SSSR count). The maximum absolute atomic E-state index is 12.8. The van der Waals surface area contributed by atoms with Crippen molar-refractivity contribution in [2.45, 2.75) is 44.7 Å². The number of hydrogen-bond donors (Lipinski definition) is 1. The Morgan fingerprint density at radius 2 is 1.81 bits per heavy atom. The number of carbonyl (C=O) groups is 1. The maximum Gasteiger partial charge on any atom is 0.255 e. The first-order valence-electron chi connectivity index (χ1n) is 11.2. The number of amides is 1. The SMILES string of the molecule is COc1ccc2c(c1)C=C(C(=O)Nc1ccc(C[N+](C)(C)C3CCCCC3)cc1)CO2.[I-]. The second-order valence-electron chi connectivity index (χ2n) is 9.24. The standard InChI is InChI=1S/C26H32N2O3.HI/c1-28(2,23-7-5-4-6-8-23)17-19-9-11-22(12-10-19)27-26(29)21-15-20-16-24(30-3)13-14-25(20)31-18-21;/h9-16,23H,4-8,17-18H2,1-3H3;1H. The van der Waals surface area contributed by atoms with Crippen molar-refractivity contribution in [2.75, 3.05) is 33.1 Å². The van der Waals surface area contributed by atoms with Crippen LogP contribution in [0.15, 0.2) is 48.0 Å². The number of halogens is 1. The Bertz CT molecular complexity index is 964. The van der Waals surface area contributed by atoms with Gasteiger partial charge in [-0.15, -0.1) is 0 Å². The van der Waals surface area contributed by atoms with Crippen molar-refractivity contribution >= 4 is 17.7 Å². The second-order valence-corrected chi connectivity index (χ2v) is 9.24. The van der Waals surface area contributed by atoms with E-state index >= 15 is 0 Å². The van der Waals surface area contributed by atoms with E-state index in [-0.39, 0.29) is 36.5 Å². The van der Waals surface area contributed by atoms with Crippen LogP contribution in [-0.2, 0) is 11.3 Å². The summed E-state index contributed by atoms with van der Waals surface area (Å²) in [4.78, 5) is 12.8. The lowest BCUT2D eigenvalue weighted by Crippen LogP contribution is -3.00. The molecule has 1 aliphatic heterocycles. The lowest BCUT2D eigenvalue weighted by atomic mass is 9.92. The van der Waals surface area contributed by atoms with Crippen molar-refractivity contribution in [3.05, 3.63) is 59.2 Å². The fourth-order valence-corrected chi connectivity index (χ4v) is 4.70. The van der Waals surface area contributed by atoms with Crippen LogP contribution in [-0.4, -0.2) is 44.2 Å². The van der Waals surface area contributed by atoms with Crippen molar-refractivity contribution in [2.24, 2.45) is 0 Å². The summed E-state index contributed by atoms with van der Waals surface area (Å²) in [6, 6.07) is 14.6. The predicted octanol–water partition coefficient (Wildman–Crippen LogP) is 2.02. The van der Waals surface area contributed by atoms with E-state index in [0.29, 0.717) is 5.57 Å². The predicted molar refractivity (Wildman–Crippen MR) is 124 cm³/mol. The quantitative estimate of drug-likeness (QED) is 0.444. The van der Waals surface area contributed by atoms with Crippen LogP contribution >= 0.6 is 0 Å². The molecule has 0 bridgehead atoms. The molecule has 1 aliphatic carbocycles. The van der Waals surface area contributed by atoms with Gasteiger partial charge in [-0.3, -0.25) is 4.79 Å². The van der Waals surface area contributed by atoms with E-state index in [1.54, 1.807) is 7.11 Å². The number of carbonyl (C=O) groups excluding carboxylic acids is 1. The van der Waals surface area contributed by atoms with Gasteiger partial charge in [0.25, 0.3) is 5.91 Å². The molecular weight excluding hydrogens is 515 g/mol. The molecule has 1 fully saturated rings. The van der Waals surface area contributed by atoms with Gasteiger partial charge in [0.15, 0.2) is 0 Å². The van der Waals surface area contributed by atoms with Gasteiger partial charge in [-0.1, -0.05) is 18.6 Å². The summed E-state index contributed by atoms with van der Waals surface area (Å²) in [6.45, 7) is 1.27. The highest BCUT2D eigenvalue weighted by molar-refractivity contribution is 6.07. The minimum atomic E-state index is -0.139. The molecule has 0 radical (unpaired) electrons. The number of rotatable bonds is 6. The van der Waals surface area contributed by atoms with E-state index in [0.717, 1.165) is 39.8 Å². The third-order valence-electron chi connectivity index (χ3n) is 6.59. The van der Waals surface area contributed by atoms with Gasteiger partial charge < -0.3 is 43.3 Å². The van der Waals surface area contributed by atoms with Crippen molar-refractivity contribution < 1.29 is 42.7 Å². The lowest BCUT2D eigenvalue weighted by molar-refractivity contribution is -0.929. The van der Waals surface area contributed by atoms with Crippen LogP contribution in [0.3, 0.4) is 0 Å². The maximum atomic E-state index is 12.8. The van der Waals surface area contributed by atoms with E-state index in [2.05, 4.69) is 31.5 Å². The molecule has 32 heavy (non-hydrogen) atoms. The van der Waals surface area contributed by atoms with Crippen LogP contribution in [0.2, 0.25) is 0 Å². The number of ether oxygens (including phenoxy) is 2. The monoisotopic (exact) mass is 548 g/mol. The fourth-order valence-electron chi connectivity index (χ4n) is 4.70. The average molecular weight is 548 g/mol. The summed E-state index contributed by atoms with van der Waals surface area (Å²) in [7, 11) is 6.31. The third-order valence-corrected chi connectivity index (χ3v) is 6.59. The number of nitrogens with one attached hydrogen (secondary N) is 1. The van der Waals surface area contributed by atoms with E-state index in [4.69, 9.17) is 9.47 Å². The van der Waals surface area contributed by atoms with Crippen molar-refractivity contribution in [3.63, 3.8) is 0 Å². The Kier molecular flexibility index (Phi) is 8.22. The molecule has 1 amide bonds. The smallest absolute Gasteiger partial charge is 0.255 e. The molecule has 0 unspecified atom stereocenters. The summed E-state index contributed by atoms with van der Waals surface area (Å²) in [5, 5.41) is 3.00. The van der Waals surface area contributed by atoms with Crippen molar-refractivity contribution in [1.29, 1.82) is 0 Å². The van der Waals surface area contributed by atoms with E-state index in [1.165, 1.54) is 37.7 Å². The zero-order chi connectivity index (χ0) is 21.8. The minimum Gasteiger partial charge on any atom is -1.00 e. The average Bonchev–Trinajstić information content (AvgIpc) is 2.80. The zero-order valence-electron chi connectivity index (χ0n) is 19.2. The highest BCUT2D eigenvalue weighted by Crippen LogP contribution is 2.31. The summed E-state index contributed by atoms with van der Waals surface area (Å²) in [6.07, 6.45) is 8.61. The van der Waals surface area contributed by atoms with Crippen LogP contribution in [0.25, 0.3) is 6.08 Å². The number of nitrogens with zero attached hydrogens (tertiary/aromatic N) is 1. The Morgan fingerprint density at radius 1 is 1.09 bits per heavy atom. The molecule has 0 saturated heterocycles. The second kappa shape index (κ2) is 10.7. The van der Waals surface area contributed by atoms with Gasteiger partial charge in [0.2, 0.25) is 0 Å². The highest BCUT2D eigenvalue weighted by Gasteiger charge is 2.29. The van der Waals surface area contributed by atoms with Gasteiger partial charge in [-0.2, -0.15) is 0 Å². The molecule has 1 saturated carbocycles. The molecule has 2 aliphatic rings. The van der Waals surface area contributed by atoms with Gasteiger partial charge in [0.05, 0.1) is 32.8 Å². The molecular formula is C26H33IN2O3. The molecule has 0 aromatic heterocycles. The van der Waals surface area contributed by atoms with E-state index < -0.39 is 0 Å². The molecule has 2 aromatic rings. The molecule has 1 N–H and O–H groups in total. The van der Waals surface area contributed by atoms with Crippen molar-refractivity contribution in [1.82, 2.24) is 0 Å². The molecule has 6 heteroatoms. The Morgan fingerprint density at radius 3 is 2.50 bits per heavy atom. The first kappa shape index (κ1) is 24.6. The van der Waals surface area contributed by atoms with Gasteiger partial charge in [0, 0.05) is 16.8 Å². The van der Waals surface area contributed by atoms with Crippen LogP contribution in [0.5, 0.6) is 11.5 Å². The number of anilines is 1. The fraction of sp³-hybridized carbons (Fsp3) is 0.423. The Labute approximate surface area is 208 Å². The van der Waals surface area contributed by atoms with Gasteiger partial charge >= 0.3 is 0 Å². The van der Waals surface area contributed by atoms with Crippen LogP contribution < -0.4 is 38.8 Å². The number of benzene rings is 2. The molecule has 0 spiro atoms.